The summed E-state index contributed by atoms with van der Waals surface area (Å²) in [6, 6.07) is 5.66. The normalized spacial score (nSPS) is 14.1. The summed E-state index contributed by atoms with van der Waals surface area (Å²) >= 11 is 0. The zero-order valence-electron chi connectivity index (χ0n) is 14.3. The number of oxazole rings is 1. The molecule has 0 bridgehead atoms. The number of aromatic nitrogens is 2. The smallest absolute Gasteiger partial charge is 0.259 e. The molecule has 0 unspecified atom stereocenters. The predicted octanol–water partition coefficient (Wildman–Crippen LogP) is 4.05. The van der Waals surface area contributed by atoms with Gasteiger partial charge in [-0.2, -0.15) is 0 Å². The summed E-state index contributed by atoms with van der Waals surface area (Å²) in [6.07, 6.45) is 10.7. The van der Waals surface area contributed by atoms with Gasteiger partial charge >= 0.3 is 0 Å². The van der Waals surface area contributed by atoms with Gasteiger partial charge in [-0.25, -0.2) is 4.98 Å². The van der Waals surface area contributed by atoms with E-state index in [0.717, 1.165) is 30.3 Å². The van der Waals surface area contributed by atoms with Crippen molar-refractivity contribution in [1.82, 2.24) is 9.55 Å². The van der Waals surface area contributed by atoms with E-state index in [4.69, 9.17) is 9.15 Å². The Hall–Kier alpha value is -2.56. The number of ether oxygens (including phenoxy) is 1. The van der Waals surface area contributed by atoms with Gasteiger partial charge in [-0.05, 0) is 37.3 Å². The molecular formula is C20H21N2O3. The Morgan fingerprint density at radius 2 is 2.24 bits per heavy atom. The van der Waals surface area contributed by atoms with E-state index >= 15 is 0 Å². The monoisotopic (exact) mass is 337 g/mol. The Bertz CT molecular complexity index is 924. The van der Waals surface area contributed by atoms with E-state index in [2.05, 4.69) is 18.1 Å². The van der Waals surface area contributed by atoms with E-state index in [1.54, 1.807) is 10.8 Å². The summed E-state index contributed by atoms with van der Waals surface area (Å²) in [5, 5.41) is 1.44. The summed E-state index contributed by atoms with van der Waals surface area (Å²) in [6.45, 7) is 3.47. The van der Waals surface area contributed by atoms with Crippen molar-refractivity contribution in [2.75, 3.05) is 6.61 Å². The number of hydrogen-bond donors (Lipinski definition) is 0. The highest BCUT2D eigenvalue weighted by molar-refractivity contribution is 5.90. The van der Waals surface area contributed by atoms with Crippen molar-refractivity contribution in [2.24, 2.45) is 5.92 Å². The lowest BCUT2D eigenvalue weighted by atomic mass is 10.1. The Labute approximate surface area is 146 Å². The van der Waals surface area contributed by atoms with Gasteiger partial charge in [0, 0.05) is 17.5 Å². The zero-order valence-corrected chi connectivity index (χ0v) is 14.3. The number of benzene rings is 1. The van der Waals surface area contributed by atoms with Crippen LogP contribution in [0.25, 0.3) is 22.1 Å². The predicted molar refractivity (Wildman–Crippen MR) is 95.7 cm³/mol. The van der Waals surface area contributed by atoms with E-state index in [9.17, 15) is 4.79 Å². The third-order valence-corrected chi connectivity index (χ3v) is 4.58. The molecule has 5 nitrogen and oxygen atoms in total. The molecule has 0 saturated heterocycles. The molecule has 129 valence electrons. The maximum atomic E-state index is 12.8. The molecule has 4 rings (SSSR count). The van der Waals surface area contributed by atoms with Crippen LogP contribution < -0.4 is 10.3 Å². The van der Waals surface area contributed by atoms with Crippen molar-refractivity contribution >= 4 is 10.8 Å². The van der Waals surface area contributed by atoms with Crippen molar-refractivity contribution in [3.63, 3.8) is 0 Å². The average molecular weight is 337 g/mol. The maximum absolute atomic E-state index is 12.8. The first-order valence-electron chi connectivity index (χ1n) is 8.88. The van der Waals surface area contributed by atoms with Crippen LogP contribution in [0.4, 0.5) is 0 Å². The van der Waals surface area contributed by atoms with E-state index < -0.39 is 0 Å². The summed E-state index contributed by atoms with van der Waals surface area (Å²) in [5.41, 5.74) is 0.868. The molecule has 0 aliphatic heterocycles. The van der Waals surface area contributed by atoms with Gasteiger partial charge in [-0.3, -0.25) is 4.79 Å². The van der Waals surface area contributed by atoms with Crippen LogP contribution in [0.15, 0.2) is 40.0 Å². The molecule has 1 radical (unpaired) electrons. The molecule has 0 amide bonds. The van der Waals surface area contributed by atoms with E-state index in [0.29, 0.717) is 29.4 Å². The molecule has 5 heteroatoms. The molecule has 1 fully saturated rings. The summed E-state index contributed by atoms with van der Waals surface area (Å²) in [5.74, 6) is 1.91. The fourth-order valence-corrected chi connectivity index (χ4v) is 2.92. The Morgan fingerprint density at radius 1 is 1.36 bits per heavy atom. The van der Waals surface area contributed by atoms with Crippen LogP contribution in [0, 0.1) is 12.1 Å². The fraction of sp³-hybridized carbons (Fsp3) is 0.400. The molecule has 2 heterocycles. The van der Waals surface area contributed by atoms with Gasteiger partial charge in [0.1, 0.15) is 6.20 Å². The largest absolute Gasteiger partial charge is 0.491 e. The topological polar surface area (TPSA) is 57.3 Å². The molecule has 0 atom stereocenters. The molecule has 0 N–H and O–H groups in total. The quantitative estimate of drug-likeness (QED) is 0.610. The van der Waals surface area contributed by atoms with Crippen molar-refractivity contribution in [1.29, 1.82) is 0 Å². The minimum atomic E-state index is -0.00568. The highest BCUT2D eigenvalue weighted by atomic mass is 16.5. The Morgan fingerprint density at radius 3 is 2.96 bits per heavy atom. The first-order valence-corrected chi connectivity index (χ1v) is 8.88. The van der Waals surface area contributed by atoms with Gasteiger partial charge in [0.2, 0.25) is 0 Å². The van der Waals surface area contributed by atoms with E-state index in [1.165, 1.54) is 19.2 Å². The Balaban J connectivity index is 1.81. The first kappa shape index (κ1) is 15.9. The lowest BCUT2D eigenvalue weighted by molar-refractivity contribution is 0.308. The minimum absolute atomic E-state index is 0.00568. The van der Waals surface area contributed by atoms with Crippen LogP contribution in [0.1, 0.15) is 32.6 Å². The van der Waals surface area contributed by atoms with Crippen LogP contribution in [-0.2, 0) is 6.54 Å². The first-order chi connectivity index (χ1) is 12.3. The number of pyridine rings is 1. The van der Waals surface area contributed by atoms with Gasteiger partial charge in [-0.1, -0.05) is 19.4 Å². The number of fused-ring (bicyclic) bond motifs is 1. The summed E-state index contributed by atoms with van der Waals surface area (Å²) in [7, 11) is 0. The second-order valence-electron chi connectivity index (χ2n) is 6.63. The molecule has 1 aliphatic carbocycles. The zero-order chi connectivity index (χ0) is 17.2. The van der Waals surface area contributed by atoms with E-state index in [-0.39, 0.29) is 5.56 Å². The molecule has 2 aromatic heterocycles. The second-order valence-corrected chi connectivity index (χ2v) is 6.63. The van der Waals surface area contributed by atoms with Crippen LogP contribution in [0.5, 0.6) is 5.75 Å². The van der Waals surface area contributed by atoms with Gasteiger partial charge in [0.15, 0.2) is 17.9 Å². The Kier molecular flexibility index (Phi) is 4.30. The van der Waals surface area contributed by atoms with Gasteiger partial charge in [0.25, 0.3) is 5.56 Å². The highest BCUT2D eigenvalue weighted by Gasteiger charge is 2.23. The van der Waals surface area contributed by atoms with Gasteiger partial charge < -0.3 is 13.7 Å². The average Bonchev–Trinajstić information content (AvgIpc) is 3.27. The summed E-state index contributed by atoms with van der Waals surface area (Å²) < 4.78 is 13.0. The SMILES string of the molecule is CCCCOc1[c]n(CC2CC2)c(=O)c2ccc(-c3cnco3)cc12. The van der Waals surface area contributed by atoms with Crippen LogP contribution in [0.3, 0.4) is 0 Å². The van der Waals surface area contributed by atoms with Crippen molar-refractivity contribution < 1.29 is 9.15 Å². The second kappa shape index (κ2) is 6.75. The molecule has 25 heavy (non-hydrogen) atoms. The van der Waals surface area contributed by atoms with Crippen LogP contribution in [-0.4, -0.2) is 16.2 Å². The number of nitrogens with zero attached hydrogens (tertiary/aromatic N) is 2. The lowest BCUT2D eigenvalue weighted by Crippen LogP contribution is -2.21. The molecule has 3 aromatic rings. The standard InChI is InChI=1S/C20H21N2O3/c1-2-3-8-24-19-12-22(11-14-4-5-14)20(23)16-7-6-15(9-17(16)19)18-10-21-13-25-18/h6-7,9-10,13-14H,2-5,8,11H2,1H3. The number of unbranched alkanes of at least 4 members (excludes halogenated alkanes) is 1. The third kappa shape index (κ3) is 3.31. The molecule has 1 aromatic carbocycles. The molecule has 1 aliphatic rings. The third-order valence-electron chi connectivity index (χ3n) is 4.58. The molecule has 1 saturated carbocycles. The van der Waals surface area contributed by atoms with Crippen molar-refractivity contribution in [2.45, 2.75) is 39.2 Å². The number of hydrogen-bond acceptors (Lipinski definition) is 4. The van der Waals surface area contributed by atoms with Crippen LogP contribution >= 0.6 is 0 Å². The van der Waals surface area contributed by atoms with E-state index in [1.807, 2.05) is 18.2 Å². The van der Waals surface area contributed by atoms with Gasteiger partial charge in [-0.15, -0.1) is 0 Å². The fourth-order valence-electron chi connectivity index (χ4n) is 2.92. The lowest BCUT2D eigenvalue weighted by Gasteiger charge is -2.13. The van der Waals surface area contributed by atoms with Crippen molar-refractivity contribution in [3.8, 4) is 17.1 Å². The van der Waals surface area contributed by atoms with Gasteiger partial charge in [0.05, 0.1) is 18.2 Å². The highest BCUT2D eigenvalue weighted by Crippen LogP contribution is 2.32. The maximum Gasteiger partial charge on any atom is 0.259 e. The number of rotatable bonds is 7. The summed E-state index contributed by atoms with van der Waals surface area (Å²) in [4.78, 5) is 16.8. The minimum Gasteiger partial charge on any atom is -0.491 e. The van der Waals surface area contributed by atoms with Crippen LogP contribution in [0.2, 0.25) is 0 Å². The molecular weight excluding hydrogens is 316 g/mol. The molecule has 0 spiro atoms. The van der Waals surface area contributed by atoms with Crippen molar-refractivity contribution in [3.05, 3.63) is 47.3 Å².